The molecule has 2 atom stereocenters. The Labute approximate surface area is 344 Å². The van der Waals surface area contributed by atoms with Gasteiger partial charge in [-0.15, -0.1) is 0 Å². The summed E-state index contributed by atoms with van der Waals surface area (Å²) in [7, 11) is 0. The molecule has 3 nitrogen and oxygen atoms in total. The van der Waals surface area contributed by atoms with Gasteiger partial charge in [-0.3, -0.25) is 0 Å². The van der Waals surface area contributed by atoms with E-state index in [1.807, 2.05) is 0 Å². The molecule has 0 aliphatic heterocycles. The molecule has 0 bridgehead atoms. The predicted molar refractivity (Wildman–Crippen MR) is 244 cm³/mol. The van der Waals surface area contributed by atoms with E-state index < -0.39 is 0 Å². The molecule has 0 N–H and O–H groups in total. The number of nitrogens with zero attached hydrogens (tertiary/aromatic N) is 2. The summed E-state index contributed by atoms with van der Waals surface area (Å²) in [5.41, 5.74) is 10.5. The lowest BCUT2D eigenvalue weighted by molar-refractivity contribution is 0.125. The van der Waals surface area contributed by atoms with Crippen molar-refractivity contribution in [2.45, 2.75) is 103 Å². The first-order chi connectivity index (χ1) is 28.2. The third kappa shape index (κ3) is 12.4. The van der Waals surface area contributed by atoms with Crippen LogP contribution in [0.1, 0.15) is 111 Å². The first-order valence-electron chi connectivity index (χ1n) is 21.7. The van der Waals surface area contributed by atoms with Gasteiger partial charge in [0.25, 0.3) is 0 Å². The molecule has 0 spiro atoms. The molecule has 0 heterocycles. The second-order valence-electron chi connectivity index (χ2n) is 15.6. The zero-order valence-corrected chi connectivity index (χ0v) is 34.5. The molecular formula is C54H64N2O. The molecule has 0 fully saturated rings. The summed E-state index contributed by atoms with van der Waals surface area (Å²) in [5.74, 6) is 0. The number of unbranched alkanes of at least 4 members (excludes halogenated alkanes) is 8. The van der Waals surface area contributed by atoms with Crippen molar-refractivity contribution in [2.24, 2.45) is 0 Å². The Bertz CT molecular complexity index is 1740. The average molecular weight is 757 g/mol. The lowest BCUT2D eigenvalue weighted by Gasteiger charge is -2.35. The van der Waals surface area contributed by atoms with Crippen molar-refractivity contribution in [3.63, 3.8) is 0 Å². The molecule has 0 radical (unpaired) electrons. The van der Waals surface area contributed by atoms with Gasteiger partial charge >= 0.3 is 0 Å². The largest absolute Gasteiger partial charge is 0.381 e. The third-order valence-corrected chi connectivity index (χ3v) is 11.4. The first-order valence-corrected chi connectivity index (χ1v) is 21.7. The van der Waals surface area contributed by atoms with Gasteiger partial charge in [0.05, 0.1) is 12.1 Å². The van der Waals surface area contributed by atoms with Crippen molar-refractivity contribution in [2.75, 3.05) is 23.0 Å². The highest BCUT2D eigenvalue weighted by Crippen LogP contribution is 2.40. The number of rotatable bonds is 24. The van der Waals surface area contributed by atoms with Gasteiger partial charge in [-0.2, -0.15) is 0 Å². The van der Waals surface area contributed by atoms with E-state index in [0.717, 1.165) is 38.9 Å². The van der Waals surface area contributed by atoms with Gasteiger partial charge < -0.3 is 14.5 Å². The smallest absolute Gasteiger partial charge is 0.0594 e. The summed E-state index contributed by atoms with van der Waals surface area (Å²) < 4.78 is 6.11. The van der Waals surface area contributed by atoms with Crippen LogP contribution in [0.25, 0.3) is 0 Å². The third-order valence-electron chi connectivity index (χ3n) is 11.4. The van der Waals surface area contributed by atoms with E-state index in [1.165, 1.54) is 96.4 Å². The molecule has 6 rings (SSSR count). The van der Waals surface area contributed by atoms with E-state index in [9.17, 15) is 0 Å². The van der Waals surface area contributed by atoms with Gasteiger partial charge in [-0.1, -0.05) is 173 Å². The van der Waals surface area contributed by atoms with Crippen LogP contribution in [-0.2, 0) is 4.74 Å². The van der Waals surface area contributed by atoms with Crippen molar-refractivity contribution >= 4 is 22.7 Å². The second-order valence-corrected chi connectivity index (χ2v) is 15.6. The Morgan fingerprint density at radius 3 is 0.947 bits per heavy atom. The fourth-order valence-corrected chi connectivity index (χ4v) is 8.39. The molecule has 6 aromatic carbocycles. The van der Waals surface area contributed by atoms with Crippen LogP contribution in [0, 0.1) is 13.8 Å². The maximum atomic E-state index is 6.11. The molecule has 0 amide bonds. The van der Waals surface area contributed by atoms with E-state index in [4.69, 9.17) is 4.74 Å². The number of hydrogen-bond acceptors (Lipinski definition) is 3. The van der Waals surface area contributed by atoms with E-state index in [1.54, 1.807) is 0 Å². The van der Waals surface area contributed by atoms with Crippen molar-refractivity contribution in [3.05, 3.63) is 192 Å². The highest BCUT2D eigenvalue weighted by molar-refractivity contribution is 5.66. The minimum Gasteiger partial charge on any atom is -0.381 e. The van der Waals surface area contributed by atoms with Crippen molar-refractivity contribution in [1.29, 1.82) is 0 Å². The summed E-state index contributed by atoms with van der Waals surface area (Å²) in [4.78, 5) is 5.09. The molecule has 6 aromatic rings. The second kappa shape index (κ2) is 23.2. The summed E-state index contributed by atoms with van der Waals surface area (Å²) in [6.45, 7) is 6.28. The summed E-state index contributed by atoms with van der Waals surface area (Å²) in [5, 5.41) is 0. The van der Waals surface area contributed by atoms with E-state index in [-0.39, 0.29) is 12.1 Å². The predicted octanol–water partition coefficient (Wildman–Crippen LogP) is 15.5. The van der Waals surface area contributed by atoms with E-state index >= 15 is 0 Å². The summed E-state index contributed by atoms with van der Waals surface area (Å²) in [6.07, 6.45) is 14.5. The molecular weight excluding hydrogens is 693 g/mol. The Hall–Kier alpha value is -5.12. The average Bonchev–Trinajstić information content (AvgIpc) is 3.26. The van der Waals surface area contributed by atoms with Crippen LogP contribution in [0.3, 0.4) is 0 Å². The Morgan fingerprint density at radius 1 is 0.333 bits per heavy atom. The number of aryl methyl sites for hydroxylation is 2. The number of benzene rings is 6. The molecule has 2 unspecified atom stereocenters. The number of hydrogen-bond donors (Lipinski definition) is 0. The molecule has 0 aliphatic rings. The maximum absolute atomic E-state index is 6.11. The zero-order chi connectivity index (χ0) is 39.3. The van der Waals surface area contributed by atoms with Crippen LogP contribution in [0.15, 0.2) is 170 Å². The Morgan fingerprint density at radius 2 is 0.614 bits per heavy atom. The minimum atomic E-state index is 0.284. The summed E-state index contributed by atoms with van der Waals surface area (Å²) in [6, 6.07) is 62.0. The van der Waals surface area contributed by atoms with Gasteiger partial charge in [0.1, 0.15) is 0 Å². The van der Waals surface area contributed by atoms with Crippen molar-refractivity contribution in [1.82, 2.24) is 0 Å². The van der Waals surface area contributed by atoms with E-state index in [0.29, 0.717) is 0 Å². The van der Waals surface area contributed by atoms with Crippen molar-refractivity contribution in [3.8, 4) is 0 Å². The van der Waals surface area contributed by atoms with Crippen LogP contribution in [0.2, 0.25) is 0 Å². The summed E-state index contributed by atoms with van der Waals surface area (Å²) >= 11 is 0. The van der Waals surface area contributed by atoms with Gasteiger partial charge in [0.2, 0.25) is 0 Å². The van der Waals surface area contributed by atoms with Gasteiger partial charge in [-0.25, -0.2) is 0 Å². The zero-order valence-electron chi connectivity index (χ0n) is 34.5. The number of ether oxygens (including phenoxy) is 1. The van der Waals surface area contributed by atoms with E-state index in [2.05, 4.69) is 194 Å². The fourth-order valence-electron chi connectivity index (χ4n) is 8.39. The Balaban J connectivity index is 0.894. The molecule has 0 aliphatic carbocycles. The van der Waals surface area contributed by atoms with Gasteiger partial charge in [0, 0.05) is 36.0 Å². The molecule has 0 saturated heterocycles. The topological polar surface area (TPSA) is 15.7 Å². The lowest BCUT2D eigenvalue weighted by Crippen LogP contribution is -2.24. The molecule has 57 heavy (non-hydrogen) atoms. The van der Waals surface area contributed by atoms with Crippen LogP contribution in [-0.4, -0.2) is 13.2 Å². The van der Waals surface area contributed by atoms with Gasteiger partial charge in [-0.05, 0) is 110 Å². The highest BCUT2D eigenvalue weighted by atomic mass is 16.5. The monoisotopic (exact) mass is 757 g/mol. The molecule has 0 aromatic heterocycles. The SMILES string of the molecule is Cc1ccccc1C(CCCCCCCOCCCCCCCC(c1ccccc1C)N(c1ccccc1)c1ccccc1)N(c1ccccc1)c1ccccc1. The molecule has 3 heteroatoms. The molecule has 0 saturated carbocycles. The molecule has 296 valence electrons. The normalized spacial score (nSPS) is 12.2. The van der Waals surface area contributed by atoms with Crippen molar-refractivity contribution < 1.29 is 4.74 Å². The van der Waals surface area contributed by atoms with Crippen LogP contribution >= 0.6 is 0 Å². The lowest BCUT2D eigenvalue weighted by atomic mass is 9.93. The fraction of sp³-hybridized carbons (Fsp3) is 0.333. The quantitative estimate of drug-likeness (QED) is 0.0572. The standard InChI is InChI=1S/C54H64N2O/c1-45-29-23-25-39-51(45)53(55(47-31-13-9-14-32-47)48-33-15-10-16-34-48)41-21-5-3-7-27-43-57-44-28-8-4-6-22-42-54(52-40-26-24-30-46(52)2)56(49-35-17-11-18-36-49)50-37-19-12-20-38-50/h9-20,23-26,29-40,53-54H,3-8,21-22,27-28,41-44H2,1-2H3. The minimum absolute atomic E-state index is 0.284. The van der Waals surface area contributed by atoms with Crippen LogP contribution in [0.5, 0.6) is 0 Å². The first kappa shape index (κ1) is 41.5. The number of para-hydroxylation sites is 4. The number of anilines is 4. The van der Waals surface area contributed by atoms with Crippen LogP contribution in [0.4, 0.5) is 22.7 Å². The highest BCUT2D eigenvalue weighted by Gasteiger charge is 2.25. The van der Waals surface area contributed by atoms with Crippen LogP contribution < -0.4 is 9.80 Å². The van der Waals surface area contributed by atoms with Gasteiger partial charge in [0.15, 0.2) is 0 Å². The maximum Gasteiger partial charge on any atom is 0.0594 e. The Kier molecular flexibility index (Phi) is 16.9.